The minimum atomic E-state index is -0.293. The van der Waals surface area contributed by atoms with Crippen molar-refractivity contribution >= 4 is 11.8 Å². The molecule has 3 heteroatoms. The van der Waals surface area contributed by atoms with Crippen LogP contribution in [-0.4, -0.2) is 35.4 Å². The topological polar surface area (TPSA) is 29.5 Å². The molecule has 0 saturated heterocycles. The van der Waals surface area contributed by atoms with E-state index in [1.165, 1.54) is 31.4 Å². The van der Waals surface area contributed by atoms with Gasteiger partial charge in [0.15, 0.2) is 0 Å². The van der Waals surface area contributed by atoms with E-state index in [1.807, 2.05) is 25.6 Å². The molecule has 0 radical (unpaired) electrons. The summed E-state index contributed by atoms with van der Waals surface area (Å²) < 4.78 is 5.36. The largest absolute Gasteiger partial charge is 0.390 e. The molecule has 1 saturated carbocycles. The van der Waals surface area contributed by atoms with Gasteiger partial charge in [-0.05, 0) is 38.4 Å². The Kier molecular flexibility index (Phi) is 6.69. The molecule has 15 heavy (non-hydrogen) atoms. The summed E-state index contributed by atoms with van der Waals surface area (Å²) in [6, 6.07) is 0. The first-order chi connectivity index (χ1) is 7.18. The maximum Gasteiger partial charge on any atom is 0.0863 e. The monoisotopic (exact) mass is 232 g/mol. The van der Waals surface area contributed by atoms with Crippen LogP contribution in [0.5, 0.6) is 0 Å². The summed E-state index contributed by atoms with van der Waals surface area (Å²) in [6.45, 7) is 4.48. The number of ether oxygens (including phenoxy) is 1. The lowest BCUT2D eigenvalue weighted by atomic mass is 10.1. The van der Waals surface area contributed by atoms with Gasteiger partial charge in [-0.1, -0.05) is 12.8 Å². The number of aliphatic hydroxyl groups is 1. The van der Waals surface area contributed by atoms with Crippen LogP contribution in [0.2, 0.25) is 0 Å². The van der Waals surface area contributed by atoms with Crippen molar-refractivity contribution in [3.05, 3.63) is 0 Å². The lowest BCUT2D eigenvalue weighted by molar-refractivity contribution is 0.0152. The Balaban J connectivity index is 1.93. The molecular formula is C12H24O2S. The Morgan fingerprint density at radius 1 is 1.33 bits per heavy atom. The molecule has 0 heterocycles. The highest BCUT2D eigenvalue weighted by Crippen LogP contribution is 2.27. The van der Waals surface area contributed by atoms with Crippen molar-refractivity contribution in [2.75, 3.05) is 18.1 Å². The lowest BCUT2D eigenvalue weighted by Gasteiger charge is -2.14. The summed E-state index contributed by atoms with van der Waals surface area (Å²) in [5, 5.41) is 9.63. The Bertz CT molecular complexity index is 156. The van der Waals surface area contributed by atoms with Gasteiger partial charge in [0.25, 0.3) is 0 Å². The molecule has 0 bridgehead atoms. The van der Waals surface area contributed by atoms with Gasteiger partial charge >= 0.3 is 0 Å². The van der Waals surface area contributed by atoms with Crippen LogP contribution in [0.3, 0.4) is 0 Å². The molecular weight excluding hydrogens is 208 g/mol. The summed E-state index contributed by atoms with van der Waals surface area (Å²) in [7, 11) is 0. The predicted molar refractivity (Wildman–Crippen MR) is 66.4 cm³/mol. The average Bonchev–Trinajstić information content (AvgIpc) is 2.67. The van der Waals surface area contributed by atoms with Crippen molar-refractivity contribution in [2.45, 2.75) is 51.7 Å². The Morgan fingerprint density at radius 3 is 2.60 bits per heavy atom. The summed E-state index contributed by atoms with van der Waals surface area (Å²) in [6.07, 6.45) is 5.53. The quantitative estimate of drug-likeness (QED) is 0.732. The Morgan fingerprint density at radius 2 is 2.00 bits per heavy atom. The zero-order valence-corrected chi connectivity index (χ0v) is 10.8. The fourth-order valence-corrected chi connectivity index (χ4v) is 3.07. The van der Waals surface area contributed by atoms with Crippen molar-refractivity contribution in [2.24, 2.45) is 5.92 Å². The highest BCUT2D eigenvalue weighted by molar-refractivity contribution is 7.99. The molecule has 0 spiro atoms. The number of hydrogen-bond acceptors (Lipinski definition) is 3. The minimum absolute atomic E-state index is 0.222. The fraction of sp³-hybridized carbons (Fsp3) is 1.00. The normalized spacial score (nSPS) is 20.0. The van der Waals surface area contributed by atoms with Crippen LogP contribution in [0.15, 0.2) is 0 Å². The van der Waals surface area contributed by atoms with Crippen molar-refractivity contribution in [3.8, 4) is 0 Å². The second-order valence-electron chi connectivity index (χ2n) is 4.72. The van der Waals surface area contributed by atoms with Crippen LogP contribution in [0.25, 0.3) is 0 Å². The van der Waals surface area contributed by atoms with Gasteiger partial charge in [-0.15, -0.1) is 0 Å². The van der Waals surface area contributed by atoms with Crippen molar-refractivity contribution in [1.82, 2.24) is 0 Å². The highest BCUT2D eigenvalue weighted by Gasteiger charge is 2.15. The van der Waals surface area contributed by atoms with E-state index in [-0.39, 0.29) is 12.2 Å². The SMILES string of the molecule is CC(C)OCC(O)CSCC1CCCC1. The van der Waals surface area contributed by atoms with Crippen LogP contribution in [0.1, 0.15) is 39.5 Å². The first kappa shape index (κ1) is 13.3. The van der Waals surface area contributed by atoms with E-state index in [2.05, 4.69) is 0 Å². The molecule has 90 valence electrons. The summed E-state index contributed by atoms with van der Waals surface area (Å²) in [5.74, 6) is 2.95. The molecule has 0 aromatic carbocycles. The lowest BCUT2D eigenvalue weighted by Crippen LogP contribution is -2.21. The minimum Gasteiger partial charge on any atom is -0.390 e. The molecule has 1 atom stereocenters. The highest BCUT2D eigenvalue weighted by atomic mass is 32.2. The maximum absolute atomic E-state index is 9.63. The first-order valence-corrected chi connectivity index (χ1v) is 7.21. The van der Waals surface area contributed by atoms with E-state index in [0.29, 0.717) is 6.61 Å². The van der Waals surface area contributed by atoms with Crippen LogP contribution < -0.4 is 0 Å². The van der Waals surface area contributed by atoms with Crippen LogP contribution in [-0.2, 0) is 4.74 Å². The molecule has 1 unspecified atom stereocenters. The third kappa shape index (κ3) is 6.44. The van der Waals surface area contributed by atoms with Gasteiger partial charge in [0.05, 0.1) is 18.8 Å². The molecule has 1 N–H and O–H groups in total. The van der Waals surface area contributed by atoms with Gasteiger partial charge in [-0.2, -0.15) is 11.8 Å². The van der Waals surface area contributed by atoms with Gasteiger partial charge in [0.2, 0.25) is 0 Å². The van der Waals surface area contributed by atoms with Gasteiger partial charge in [-0.3, -0.25) is 0 Å². The molecule has 1 aliphatic rings. The molecule has 1 aliphatic carbocycles. The summed E-state index contributed by atoms with van der Waals surface area (Å²) >= 11 is 1.88. The van der Waals surface area contributed by atoms with E-state index in [0.717, 1.165) is 11.7 Å². The van der Waals surface area contributed by atoms with E-state index < -0.39 is 0 Å². The molecule has 1 rings (SSSR count). The summed E-state index contributed by atoms with van der Waals surface area (Å²) in [4.78, 5) is 0. The fourth-order valence-electron chi connectivity index (χ4n) is 1.90. The van der Waals surface area contributed by atoms with Gasteiger partial charge in [-0.25, -0.2) is 0 Å². The molecule has 0 amide bonds. The number of thioether (sulfide) groups is 1. The van der Waals surface area contributed by atoms with Gasteiger partial charge < -0.3 is 9.84 Å². The second-order valence-corrected chi connectivity index (χ2v) is 5.80. The number of hydrogen-bond donors (Lipinski definition) is 1. The molecule has 0 aromatic heterocycles. The maximum atomic E-state index is 9.63. The van der Waals surface area contributed by atoms with Crippen molar-refractivity contribution in [1.29, 1.82) is 0 Å². The zero-order valence-electron chi connectivity index (χ0n) is 9.95. The van der Waals surface area contributed by atoms with E-state index >= 15 is 0 Å². The van der Waals surface area contributed by atoms with Crippen LogP contribution in [0, 0.1) is 5.92 Å². The van der Waals surface area contributed by atoms with E-state index in [1.54, 1.807) is 0 Å². The predicted octanol–water partition coefficient (Wildman–Crippen LogP) is 2.70. The molecule has 0 aromatic rings. The molecule has 1 fully saturated rings. The second kappa shape index (κ2) is 7.53. The number of rotatable bonds is 7. The van der Waals surface area contributed by atoms with E-state index in [9.17, 15) is 5.11 Å². The zero-order chi connectivity index (χ0) is 11.1. The third-order valence-electron chi connectivity index (χ3n) is 2.76. The Hall–Kier alpha value is 0.270. The number of aliphatic hydroxyl groups excluding tert-OH is 1. The Labute approximate surface area is 97.8 Å². The van der Waals surface area contributed by atoms with Crippen molar-refractivity contribution in [3.63, 3.8) is 0 Å². The smallest absolute Gasteiger partial charge is 0.0863 e. The summed E-state index contributed by atoms with van der Waals surface area (Å²) in [5.41, 5.74) is 0. The third-order valence-corrected chi connectivity index (χ3v) is 4.09. The van der Waals surface area contributed by atoms with Crippen LogP contribution >= 0.6 is 11.8 Å². The van der Waals surface area contributed by atoms with Gasteiger partial charge in [0, 0.05) is 5.75 Å². The molecule has 2 nitrogen and oxygen atoms in total. The standard InChI is InChI=1S/C12H24O2S/c1-10(2)14-7-12(13)9-15-8-11-5-3-4-6-11/h10-13H,3-9H2,1-2H3. The van der Waals surface area contributed by atoms with Crippen molar-refractivity contribution < 1.29 is 9.84 Å². The van der Waals surface area contributed by atoms with Crippen LogP contribution in [0.4, 0.5) is 0 Å². The van der Waals surface area contributed by atoms with Gasteiger partial charge in [0.1, 0.15) is 0 Å². The van der Waals surface area contributed by atoms with E-state index in [4.69, 9.17) is 4.74 Å². The molecule has 0 aliphatic heterocycles. The average molecular weight is 232 g/mol. The first-order valence-electron chi connectivity index (χ1n) is 6.06.